The summed E-state index contributed by atoms with van der Waals surface area (Å²) in [7, 11) is 0. The highest BCUT2D eigenvalue weighted by atomic mass is 35.5. The lowest BCUT2D eigenvalue weighted by atomic mass is 10.2. The fraction of sp³-hybridized carbons (Fsp3) is 0.538. The lowest BCUT2D eigenvalue weighted by Gasteiger charge is -2.22. The van der Waals surface area contributed by atoms with Crippen LogP contribution in [0, 0.1) is 0 Å². The number of benzene rings is 1. The van der Waals surface area contributed by atoms with Gasteiger partial charge in [-0.25, -0.2) is 0 Å². The van der Waals surface area contributed by atoms with Gasteiger partial charge in [0.05, 0.1) is 0 Å². The van der Waals surface area contributed by atoms with E-state index in [1.807, 2.05) is 30.3 Å². The maximum atomic E-state index is 5.92. The molecule has 1 heterocycles. The Balaban J connectivity index is 1.72. The van der Waals surface area contributed by atoms with Crippen LogP contribution in [0.3, 0.4) is 0 Å². The first-order chi connectivity index (χ1) is 7.90. The normalized spacial score (nSPS) is 21.2. The van der Waals surface area contributed by atoms with Crippen LogP contribution in [-0.4, -0.2) is 36.5 Å². The van der Waals surface area contributed by atoms with E-state index in [0.717, 1.165) is 31.3 Å². The number of rotatable bonds is 5. The summed E-state index contributed by atoms with van der Waals surface area (Å²) in [5.74, 6) is 1.69. The van der Waals surface area contributed by atoms with E-state index in [2.05, 4.69) is 4.90 Å². The molecule has 3 heteroatoms. The van der Waals surface area contributed by atoms with E-state index in [4.69, 9.17) is 16.3 Å². The molecule has 1 aromatic carbocycles. The number of alkyl halides is 1. The van der Waals surface area contributed by atoms with Crippen molar-refractivity contribution in [2.24, 2.45) is 0 Å². The Morgan fingerprint density at radius 2 is 2.12 bits per heavy atom. The highest BCUT2D eigenvalue weighted by molar-refractivity contribution is 6.18. The molecule has 1 unspecified atom stereocenters. The molecule has 1 fully saturated rings. The van der Waals surface area contributed by atoms with E-state index in [9.17, 15) is 0 Å². The average Bonchev–Trinajstić information content (AvgIpc) is 2.78. The molecule has 0 saturated carbocycles. The van der Waals surface area contributed by atoms with Gasteiger partial charge in [0.2, 0.25) is 0 Å². The van der Waals surface area contributed by atoms with Gasteiger partial charge in [0.25, 0.3) is 0 Å². The predicted molar refractivity (Wildman–Crippen MR) is 67.3 cm³/mol. The van der Waals surface area contributed by atoms with Crippen LogP contribution in [0.1, 0.15) is 12.8 Å². The Bertz CT molecular complexity index is 304. The zero-order chi connectivity index (χ0) is 11.2. The molecule has 1 saturated heterocycles. The highest BCUT2D eigenvalue weighted by Gasteiger charge is 2.22. The van der Waals surface area contributed by atoms with Gasteiger partial charge in [-0.15, -0.1) is 11.6 Å². The van der Waals surface area contributed by atoms with Crippen LogP contribution in [0.2, 0.25) is 0 Å². The minimum Gasteiger partial charge on any atom is -0.492 e. The third-order valence-corrected chi connectivity index (χ3v) is 3.42. The smallest absolute Gasteiger partial charge is 0.119 e. The van der Waals surface area contributed by atoms with Gasteiger partial charge in [0, 0.05) is 18.5 Å². The van der Waals surface area contributed by atoms with E-state index in [1.165, 1.54) is 12.8 Å². The van der Waals surface area contributed by atoms with E-state index >= 15 is 0 Å². The SMILES string of the molecule is ClCC1CCCN1CCOc1ccccc1. The van der Waals surface area contributed by atoms with Crippen molar-refractivity contribution in [3.63, 3.8) is 0 Å². The zero-order valence-electron chi connectivity index (χ0n) is 9.44. The summed E-state index contributed by atoms with van der Waals surface area (Å²) >= 11 is 5.92. The Hall–Kier alpha value is -0.730. The Kier molecular flexibility index (Phi) is 4.49. The number of halogens is 1. The Morgan fingerprint density at radius 1 is 1.31 bits per heavy atom. The van der Waals surface area contributed by atoms with Crippen LogP contribution in [-0.2, 0) is 0 Å². The number of para-hydroxylation sites is 1. The standard InChI is InChI=1S/C13H18ClNO/c14-11-12-5-4-8-15(12)9-10-16-13-6-2-1-3-7-13/h1-3,6-7,12H,4-5,8-11H2. The second-order valence-corrected chi connectivity index (χ2v) is 4.46. The molecule has 2 rings (SSSR count). The first kappa shape index (κ1) is 11.7. The van der Waals surface area contributed by atoms with Crippen LogP contribution in [0.4, 0.5) is 0 Å². The molecule has 1 aliphatic rings. The highest BCUT2D eigenvalue weighted by Crippen LogP contribution is 2.18. The molecule has 0 aromatic heterocycles. The van der Waals surface area contributed by atoms with Gasteiger partial charge in [-0.05, 0) is 31.5 Å². The molecule has 0 spiro atoms. The largest absolute Gasteiger partial charge is 0.492 e. The van der Waals surface area contributed by atoms with Gasteiger partial charge >= 0.3 is 0 Å². The second-order valence-electron chi connectivity index (χ2n) is 4.15. The van der Waals surface area contributed by atoms with E-state index in [-0.39, 0.29) is 0 Å². The Labute approximate surface area is 102 Å². The molecule has 1 aliphatic heterocycles. The van der Waals surface area contributed by atoms with Gasteiger partial charge in [-0.1, -0.05) is 18.2 Å². The molecular weight excluding hydrogens is 222 g/mol. The molecular formula is C13H18ClNO. The molecule has 0 aliphatic carbocycles. The zero-order valence-corrected chi connectivity index (χ0v) is 10.2. The van der Waals surface area contributed by atoms with Crippen molar-refractivity contribution in [3.05, 3.63) is 30.3 Å². The fourth-order valence-corrected chi connectivity index (χ4v) is 2.51. The predicted octanol–water partition coefficient (Wildman–Crippen LogP) is 2.77. The van der Waals surface area contributed by atoms with Crippen molar-refractivity contribution in [3.8, 4) is 5.75 Å². The number of hydrogen-bond donors (Lipinski definition) is 0. The molecule has 1 aromatic rings. The molecule has 2 nitrogen and oxygen atoms in total. The van der Waals surface area contributed by atoms with Crippen molar-refractivity contribution >= 4 is 11.6 Å². The third-order valence-electron chi connectivity index (χ3n) is 3.07. The molecule has 1 atom stereocenters. The first-order valence-electron chi connectivity index (χ1n) is 5.88. The van der Waals surface area contributed by atoms with Crippen molar-refractivity contribution in [1.29, 1.82) is 0 Å². The summed E-state index contributed by atoms with van der Waals surface area (Å²) < 4.78 is 5.68. The van der Waals surface area contributed by atoms with Gasteiger partial charge in [0.1, 0.15) is 12.4 Å². The monoisotopic (exact) mass is 239 g/mol. The number of hydrogen-bond acceptors (Lipinski definition) is 2. The van der Waals surface area contributed by atoms with Crippen LogP contribution in [0.5, 0.6) is 5.75 Å². The molecule has 0 bridgehead atoms. The van der Waals surface area contributed by atoms with Crippen LogP contribution < -0.4 is 4.74 Å². The average molecular weight is 240 g/mol. The first-order valence-corrected chi connectivity index (χ1v) is 6.41. The van der Waals surface area contributed by atoms with Crippen molar-refractivity contribution in [2.75, 3.05) is 25.6 Å². The maximum Gasteiger partial charge on any atom is 0.119 e. The van der Waals surface area contributed by atoms with Crippen molar-refractivity contribution in [1.82, 2.24) is 4.90 Å². The quantitative estimate of drug-likeness (QED) is 0.733. The number of likely N-dealkylation sites (tertiary alicyclic amines) is 1. The van der Waals surface area contributed by atoms with E-state index < -0.39 is 0 Å². The summed E-state index contributed by atoms with van der Waals surface area (Å²) in [6.07, 6.45) is 2.50. The van der Waals surface area contributed by atoms with E-state index in [0.29, 0.717) is 6.04 Å². The van der Waals surface area contributed by atoms with Gasteiger partial charge in [0.15, 0.2) is 0 Å². The lowest BCUT2D eigenvalue weighted by Crippen LogP contribution is -2.34. The van der Waals surface area contributed by atoms with Crippen LogP contribution >= 0.6 is 11.6 Å². The third kappa shape index (κ3) is 3.13. The molecule has 0 N–H and O–H groups in total. The van der Waals surface area contributed by atoms with Gasteiger partial charge in [-0.2, -0.15) is 0 Å². The van der Waals surface area contributed by atoms with Crippen molar-refractivity contribution < 1.29 is 4.74 Å². The summed E-state index contributed by atoms with van der Waals surface area (Å²) in [6.45, 7) is 2.89. The topological polar surface area (TPSA) is 12.5 Å². The molecule has 0 amide bonds. The fourth-order valence-electron chi connectivity index (χ4n) is 2.16. The van der Waals surface area contributed by atoms with Crippen molar-refractivity contribution in [2.45, 2.75) is 18.9 Å². The van der Waals surface area contributed by atoms with Crippen LogP contribution in [0.25, 0.3) is 0 Å². The van der Waals surface area contributed by atoms with Gasteiger partial charge < -0.3 is 4.74 Å². The number of nitrogens with zero attached hydrogens (tertiary/aromatic N) is 1. The van der Waals surface area contributed by atoms with Gasteiger partial charge in [-0.3, -0.25) is 4.90 Å². The minimum absolute atomic E-state index is 0.557. The van der Waals surface area contributed by atoms with Crippen LogP contribution in [0.15, 0.2) is 30.3 Å². The summed E-state index contributed by atoms with van der Waals surface area (Å²) in [5, 5.41) is 0. The molecule has 0 radical (unpaired) electrons. The molecule has 88 valence electrons. The maximum absolute atomic E-state index is 5.92. The van der Waals surface area contributed by atoms with E-state index in [1.54, 1.807) is 0 Å². The molecule has 16 heavy (non-hydrogen) atoms. The summed E-state index contributed by atoms with van der Waals surface area (Å²) in [4.78, 5) is 2.43. The number of ether oxygens (including phenoxy) is 1. The Morgan fingerprint density at radius 3 is 2.88 bits per heavy atom. The summed E-state index contributed by atoms with van der Waals surface area (Å²) in [5.41, 5.74) is 0. The summed E-state index contributed by atoms with van der Waals surface area (Å²) in [6, 6.07) is 10.5. The minimum atomic E-state index is 0.557. The lowest BCUT2D eigenvalue weighted by molar-refractivity contribution is 0.206. The second kappa shape index (κ2) is 6.12.